The molecule has 2 aromatic carbocycles. The second-order valence-corrected chi connectivity index (χ2v) is 6.27. The van der Waals surface area contributed by atoms with Gasteiger partial charge in [0.05, 0.1) is 11.3 Å². The maximum Gasteiger partial charge on any atom is 0.135 e. The van der Waals surface area contributed by atoms with Gasteiger partial charge in [-0.15, -0.1) is 11.3 Å². The molecule has 3 aromatic rings. The molecule has 0 atom stereocenters. The number of rotatable bonds is 3. The highest BCUT2D eigenvalue weighted by atomic mass is 79.9. The van der Waals surface area contributed by atoms with Crippen LogP contribution in [0.3, 0.4) is 0 Å². The Hall–Kier alpha value is -1.85. The van der Waals surface area contributed by atoms with E-state index in [2.05, 4.69) is 20.9 Å². The molecule has 0 bridgehead atoms. The lowest BCUT2D eigenvalue weighted by atomic mass is 10.1. The molecule has 1 nitrogen and oxygen atoms in total. The highest BCUT2D eigenvalue weighted by molar-refractivity contribution is 9.10. The van der Waals surface area contributed by atoms with Crippen LogP contribution in [0.25, 0.3) is 23.4 Å². The summed E-state index contributed by atoms with van der Waals surface area (Å²) in [6, 6.07) is 11.6. The van der Waals surface area contributed by atoms with Crippen molar-refractivity contribution in [3.63, 3.8) is 0 Å². The number of thiazole rings is 1. The Kier molecular flexibility index (Phi) is 4.45. The molecule has 0 radical (unpaired) electrons. The van der Waals surface area contributed by atoms with Crippen LogP contribution < -0.4 is 0 Å². The first-order valence-electron chi connectivity index (χ1n) is 6.47. The van der Waals surface area contributed by atoms with Crippen molar-refractivity contribution in [2.45, 2.75) is 0 Å². The summed E-state index contributed by atoms with van der Waals surface area (Å²) in [4.78, 5) is 4.28. The maximum atomic E-state index is 13.7. The van der Waals surface area contributed by atoms with E-state index in [1.54, 1.807) is 5.38 Å². The highest BCUT2D eigenvalue weighted by Gasteiger charge is 2.13. The third kappa shape index (κ3) is 3.15. The molecule has 3 rings (SSSR count). The highest BCUT2D eigenvalue weighted by Crippen LogP contribution is 2.28. The standard InChI is InChI=1S/C17H10BrF2NS/c18-12-5-2-1-4-11(12)8-9-16-21-15(10-22-16)17-13(19)6-3-7-14(17)20/h1-10H/b9-8+. The molecule has 0 amide bonds. The van der Waals surface area contributed by atoms with Crippen molar-refractivity contribution in [2.75, 3.05) is 0 Å². The van der Waals surface area contributed by atoms with Gasteiger partial charge < -0.3 is 0 Å². The summed E-state index contributed by atoms with van der Waals surface area (Å²) in [5, 5.41) is 2.34. The molecule has 0 aliphatic carbocycles. The number of aromatic nitrogens is 1. The summed E-state index contributed by atoms with van der Waals surface area (Å²) >= 11 is 4.80. The lowest BCUT2D eigenvalue weighted by Gasteiger charge is -2.00. The predicted molar refractivity (Wildman–Crippen MR) is 90.5 cm³/mol. The van der Waals surface area contributed by atoms with Gasteiger partial charge in [-0.05, 0) is 29.8 Å². The molecule has 0 spiro atoms. The molecule has 1 heterocycles. The van der Waals surface area contributed by atoms with Gasteiger partial charge in [0.15, 0.2) is 0 Å². The summed E-state index contributed by atoms with van der Waals surface area (Å²) in [5.74, 6) is -1.21. The van der Waals surface area contributed by atoms with Crippen LogP contribution in [0.5, 0.6) is 0 Å². The minimum absolute atomic E-state index is 0.0840. The lowest BCUT2D eigenvalue weighted by molar-refractivity contribution is 0.589. The Labute approximate surface area is 139 Å². The van der Waals surface area contributed by atoms with Gasteiger partial charge in [-0.3, -0.25) is 0 Å². The monoisotopic (exact) mass is 377 g/mol. The molecule has 0 N–H and O–H groups in total. The summed E-state index contributed by atoms with van der Waals surface area (Å²) in [6.07, 6.45) is 3.73. The number of hydrogen-bond acceptors (Lipinski definition) is 2. The van der Waals surface area contributed by atoms with E-state index < -0.39 is 11.6 Å². The molecule has 0 saturated heterocycles. The number of halogens is 3. The minimum Gasteiger partial charge on any atom is -0.236 e. The van der Waals surface area contributed by atoms with E-state index >= 15 is 0 Å². The molecular formula is C17H10BrF2NS. The molecule has 1 aromatic heterocycles. The van der Waals surface area contributed by atoms with Crippen LogP contribution >= 0.6 is 27.3 Å². The van der Waals surface area contributed by atoms with Gasteiger partial charge in [-0.1, -0.05) is 46.3 Å². The average molecular weight is 378 g/mol. The van der Waals surface area contributed by atoms with Crippen molar-refractivity contribution in [3.8, 4) is 11.3 Å². The van der Waals surface area contributed by atoms with Gasteiger partial charge in [0.2, 0.25) is 0 Å². The van der Waals surface area contributed by atoms with Gasteiger partial charge >= 0.3 is 0 Å². The largest absolute Gasteiger partial charge is 0.236 e. The quantitative estimate of drug-likeness (QED) is 0.543. The number of nitrogens with zero attached hydrogens (tertiary/aromatic N) is 1. The van der Waals surface area contributed by atoms with Crippen LogP contribution in [-0.4, -0.2) is 4.98 Å². The first kappa shape index (κ1) is 15.1. The predicted octanol–water partition coefficient (Wildman–Crippen LogP) is 6.02. The molecule has 0 aliphatic heterocycles. The van der Waals surface area contributed by atoms with E-state index in [4.69, 9.17) is 0 Å². The van der Waals surface area contributed by atoms with Crippen molar-refractivity contribution >= 4 is 39.4 Å². The lowest BCUT2D eigenvalue weighted by Crippen LogP contribution is -1.89. The van der Waals surface area contributed by atoms with Crippen molar-refractivity contribution in [1.82, 2.24) is 4.98 Å². The van der Waals surface area contributed by atoms with E-state index in [1.165, 1.54) is 29.5 Å². The van der Waals surface area contributed by atoms with E-state index in [9.17, 15) is 8.78 Å². The Morgan fingerprint density at radius 3 is 2.41 bits per heavy atom. The van der Waals surface area contributed by atoms with Crippen LogP contribution in [-0.2, 0) is 0 Å². The third-order valence-corrected chi connectivity index (χ3v) is 4.58. The van der Waals surface area contributed by atoms with E-state index in [0.717, 1.165) is 10.0 Å². The maximum absolute atomic E-state index is 13.7. The molecule has 0 saturated carbocycles. The zero-order valence-electron chi connectivity index (χ0n) is 11.3. The van der Waals surface area contributed by atoms with Crippen molar-refractivity contribution in [1.29, 1.82) is 0 Å². The number of benzene rings is 2. The zero-order valence-corrected chi connectivity index (χ0v) is 13.7. The number of hydrogen-bond donors (Lipinski definition) is 0. The summed E-state index contributed by atoms with van der Waals surface area (Å²) < 4.78 is 28.5. The second kappa shape index (κ2) is 6.50. The fourth-order valence-corrected chi connectivity index (χ4v) is 3.11. The average Bonchev–Trinajstić information content (AvgIpc) is 2.95. The van der Waals surface area contributed by atoms with Gasteiger partial charge in [-0.2, -0.15) is 0 Å². The summed E-state index contributed by atoms with van der Waals surface area (Å²) in [6.45, 7) is 0. The van der Waals surface area contributed by atoms with Crippen molar-refractivity contribution in [3.05, 3.63) is 74.5 Å². The van der Waals surface area contributed by atoms with Crippen LogP contribution in [0, 0.1) is 11.6 Å². The van der Waals surface area contributed by atoms with Crippen molar-refractivity contribution in [2.24, 2.45) is 0 Å². The van der Waals surface area contributed by atoms with Gasteiger partial charge in [0, 0.05) is 9.85 Å². The molecule has 0 fully saturated rings. The summed E-state index contributed by atoms with van der Waals surface area (Å²) in [5.41, 5.74) is 1.24. The molecule has 5 heteroatoms. The van der Waals surface area contributed by atoms with E-state index in [0.29, 0.717) is 10.7 Å². The van der Waals surface area contributed by atoms with Gasteiger partial charge in [0.1, 0.15) is 16.6 Å². The molecule has 0 aliphatic rings. The first-order valence-corrected chi connectivity index (χ1v) is 8.15. The topological polar surface area (TPSA) is 12.9 Å². The Bertz CT molecular complexity index is 822. The molecular weight excluding hydrogens is 368 g/mol. The Morgan fingerprint density at radius 1 is 0.955 bits per heavy atom. The van der Waals surface area contributed by atoms with Crippen LogP contribution in [0.4, 0.5) is 8.78 Å². The smallest absolute Gasteiger partial charge is 0.135 e. The fraction of sp³-hybridized carbons (Fsp3) is 0. The van der Waals surface area contributed by atoms with E-state index in [1.807, 2.05) is 36.4 Å². The minimum atomic E-state index is -0.605. The van der Waals surface area contributed by atoms with Crippen LogP contribution in [0.15, 0.2) is 52.3 Å². The Balaban J connectivity index is 1.90. The fourth-order valence-electron chi connectivity index (χ4n) is 1.99. The first-order chi connectivity index (χ1) is 10.6. The molecule has 0 unspecified atom stereocenters. The summed E-state index contributed by atoms with van der Waals surface area (Å²) in [7, 11) is 0. The SMILES string of the molecule is Fc1cccc(F)c1-c1csc(/C=C/c2ccccc2Br)n1. The Morgan fingerprint density at radius 2 is 1.68 bits per heavy atom. The molecule has 22 heavy (non-hydrogen) atoms. The van der Waals surface area contributed by atoms with E-state index in [-0.39, 0.29) is 5.56 Å². The third-order valence-electron chi connectivity index (χ3n) is 3.05. The van der Waals surface area contributed by atoms with Gasteiger partial charge in [-0.25, -0.2) is 13.8 Å². The van der Waals surface area contributed by atoms with Crippen LogP contribution in [0.1, 0.15) is 10.6 Å². The van der Waals surface area contributed by atoms with Crippen LogP contribution in [0.2, 0.25) is 0 Å². The zero-order chi connectivity index (χ0) is 15.5. The molecule has 110 valence electrons. The van der Waals surface area contributed by atoms with Gasteiger partial charge in [0.25, 0.3) is 0 Å². The second-order valence-electron chi connectivity index (χ2n) is 4.52. The van der Waals surface area contributed by atoms with Crippen molar-refractivity contribution < 1.29 is 8.78 Å². The normalized spacial score (nSPS) is 11.2.